The molecule has 0 bridgehead atoms. The average Bonchev–Trinajstić information content (AvgIpc) is 3.45. The number of nitriles is 1. The lowest BCUT2D eigenvalue weighted by molar-refractivity contribution is 0.768. The molecule has 0 aromatic heterocycles. The van der Waals surface area contributed by atoms with E-state index < -0.39 is 5.41 Å². The molecule has 1 aliphatic rings. The summed E-state index contributed by atoms with van der Waals surface area (Å²) in [4.78, 5) is 0. The van der Waals surface area contributed by atoms with Crippen LogP contribution in [0.5, 0.6) is 0 Å². The van der Waals surface area contributed by atoms with E-state index in [1.54, 1.807) is 6.08 Å². The summed E-state index contributed by atoms with van der Waals surface area (Å²) in [5.41, 5.74) is 19.4. The van der Waals surface area contributed by atoms with Crippen LogP contribution in [0.3, 0.4) is 0 Å². The van der Waals surface area contributed by atoms with Crippen LogP contribution in [-0.4, -0.2) is 0 Å². The Morgan fingerprint density at radius 1 is 0.776 bits per heavy atom. The smallest absolute Gasteiger partial charge is 0.0988 e. The van der Waals surface area contributed by atoms with Crippen LogP contribution in [0.4, 0.5) is 0 Å². The molecule has 2 N–H and O–H groups in total. The minimum Gasteiger partial charge on any atom is -0.405 e. The minimum absolute atomic E-state index is 0.568. The molecule has 6 rings (SSSR count). The van der Waals surface area contributed by atoms with Gasteiger partial charge in [-0.2, -0.15) is 5.26 Å². The van der Waals surface area contributed by atoms with Gasteiger partial charge in [0, 0.05) is 5.57 Å². The van der Waals surface area contributed by atoms with Crippen molar-refractivity contribution >= 4 is 17.7 Å². The molecule has 0 amide bonds. The van der Waals surface area contributed by atoms with Gasteiger partial charge in [-0.05, 0) is 111 Å². The van der Waals surface area contributed by atoms with Gasteiger partial charge in [-0.25, -0.2) is 0 Å². The van der Waals surface area contributed by atoms with Crippen LogP contribution in [0.2, 0.25) is 0 Å². The van der Waals surface area contributed by atoms with Gasteiger partial charge in [0.2, 0.25) is 0 Å². The zero-order valence-electron chi connectivity index (χ0n) is 27.9. The number of allylic oxidation sites excluding steroid dienone is 7. The van der Waals surface area contributed by atoms with E-state index in [2.05, 4.69) is 166 Å². The van der Waals surface area contributed by atoms with Gasteiger partial charge in [-0.1, -0.05) is 153 Å². The molecule has 0 spiro atoms. The van der Waals surface area contributed by atoms with Crippen molar-refractivity contribution in [1.82, 2.24) is 0 Å². The van der Waals surface area contributed by atoms with Crippen molar-refractivity contribution in [3.63, 3.8) is 0 Å². The van der Waals surface area contributed by atoms with Crippen molar-refractivity contribution in [2.45, 2.75) is 25.2 Å². The van der Waals surface area contributed by atoms with E-state index in [9.17, 15) is 5.26 Å². The predicted octanol–water partition coefficient (Wildman–Crippen LogP) is 11.7. The molecule has 2 heteroatoms. The highest BCUT2D eigenvalue weighted by Gasteiger charge is 2.47. The largest absolute Gasteiger partial charge is 0.405 e. The summed E-state index contributed by atoms with van der Waals surface area (Å²) in [7, 11) is 0. The third-order valence-electron chi connectivity index (χ3n) is 9.33. The Balaban J connectivity index is 1.60. The number of benzene rings is 5. The molecule has 2 nitrogen and oxygen atoms in total. The van der Waals surface area contributed by atoms with Crippen molar-refractivity contribution in [2.24, 2.45) is 5.73 Å². The Morgan fingerprint density at radius 2 is 1.43 bits per heavy atom. The summed E-state index contributed by atoms with van der Waals surface area (Å²) in [5.74, 6) is 0. The Labute approximate surface area is 290 Å². The molecule has 0 fully saturated rings. The van der Waals surface area contributed by atoms with E-state index in [-0.39, 0.29) is 0 Å². The molecule has 5 aromatic carbocycles. The number of nitrogens with two attached hydrogens (primary N) is 1. The normalized spacial score (nSPS) is 13.4. The lowest BCUT2D eigenvalue weighted by Gasteiger charge is -2.34. The summed E-state index contributed by atoms with van der Waals surface area (Å²) >= 11 is 0. The first kappa shape index (κ1) is 32.8. The van der Waals surface area contributed by atoms with Crippen LogP contribution in [0.15, 0.2) is 171 Å². The highest BCUT2D eigenvalue weighted by Crippen LogP contribution is 2.59. The summed E-state index contributed by atoms with van der Waals surface area (Å²) in [6.07, 6.45) is 17.0. The van der Waals surface area contributed by atoms with E-state index in [0.29, 0.717) is 5.57 Å². The summed E-state index contributed by atoms with van der Waals surface area (Å²) in [6.45, 7) is 10.9. The molecule has 0 unspecified atom stereocenters. The second kappa shape index (κ2) is 14.7. The lowest BCUT2D eigenvalue weighted by atomic mass is 9.66. The molecule has 5 aromatic rings. The molecular formula is C47H40N2. The van der Waals surface area contributed by atoms with Crippen molar-refractivity contribution in [3.8, 4) is 28.3 Å². The monoisotopic (exact) mass is 632 g/mol. The summed E-state index contributed by atoms with van der Waals surface area (Å²) < 4.78 is 0. The Hall–Kier alpha value is -6.17. The topological polar surface area (TPSA) is 49.8 Å². The molecule has 0 aliphatic heterocycles. The fourth-order valence-corrected chi connectivity index (χ4v) is 7.21. The number of rotatable bonds is 11. The number of hydrogen-bond acceptors (Lipinski definition) is 2. The Morgan fingerprint density at radius 3 is 2.02 bits per heavy atom. The molecule has 49 heavy (non-hydrogen) atoms. The van der Waals surface area contributed by atoms with Gasteiger partial charge in [-0.3, -0.25) is 0 Å². The third-order valence-corrected chi connectivity index (χ3v) is 9.33. The quantitative estimate of drug-likeness (QED) is 0.0877. The maximum Gasteiger partial charge on any atom is 0.0988 e. The fraction of sp³-hybridized carbons (Fsp3) is 0.0851. The molecule has 0 saturated heterocycles. The van der Waals surface area contributed by atoms with E-state index in [4.69, 9.17) is 5.73 Å². The predicted molar refractivity (Wildman–Crippen MR) is 208 cm³/mol. The van der Waals surface area contributed by atoms with Gasteiger partial charge in [0.1, 0.15) is 0 Å². The number of nitrogens with zero attached hydrogens (tertiary/aromatic N) is 1. The molecule has 0 heterocycles. The summed E-state index contributed by atoms with van der Waals surface area (Å²) in [5, 5.41) is 9.28. The van der Waals surface area contributed by atoms with Crippen LogP contribution in [0.1, 0.15) is 58.7 Å². The number of fused-ring (bicyclic) bond motifs is 3. The molecule has 238 valence electrons. The van der Waals surface area contributed by atoms with Crippen molar-refractivity contribution < 1.29 is 0 Å². The van der Waals surface area contributed by atoms with E-state index in [0.717, 1.165) is 35.1 Å². The highest BCUT2D eigenvalue weighted by molar-refractivity contribution is 5.98. The Kier molecular flexibility index (Phi) is 9.84. The van der Waals surface area contributed by atoms with Gasteiger partial charge < -0.3 is 5.73 Å². The lowest BCUT2D eigenvalue weighted by Crippen LogP contribution is -2.28. The minimum atomic E-state index is -0.585. The van der Waals surface area contributed by atoms with E-state index >= 15 is 0 Å². The first-order valence-corrected chi connectivity index (χ1v) is 16.7. The molecule has 1 aliphatic carbocycles. The van der Waals surface area contributed by atoms with E-state index in [1.807, 2.05) is 12.2 Å². The first-order valence-electron chi connectivity index (χ1n) is 16.7. The zero-order chi connectivity index (χ0) is 34.2. The van der Waals surface area contributed by atoms with Crippen LogP contribution in [-0.2, 0) is 5.41 Å². The van der Waals surface area contributed by atoms with Crippen molar-refractivity contribution in [2.75, 3.05) is 0 Å². The molecular weight excluding hydrogens is 593 g/mol. The third kappa shape index (κ3) is 6.04. The van der Waals surface area contributed by atoms with Gasteiger partial charge in [0.25, 0.3) is 0 Å². The number of hydrogen-bond donors (Lipinski definition) is 1. The maximum atomic E-state index is 9.28. The van der Waals surface area contributed by atoms with Crippen molar-refractivity contribution in [1.29, 1.82) is 5.26 Å². The second-order valence-corrected chi connectivity index (χ2v) is 12.1. The van der Waals surface area contributed by atoms with Gasteiger partial charge >= 0.3 is 0 Å². The van der Waals surface area contributed by atoms with Gasteiger partial charge in [-0.15, -0.1) is 0 Å². The van der Waals surface area contributed by atoms with Crippen LogP contribution >= 0.6 is 0 Å². The fourth-order valence-electron chi connectivity index (χ4n) is 7.21. The van der Waals surface area contributed by atoms with Crippen LogP contribution in [0.25, 0.3) is 40.0 Å². The van der Waals surface area contributed by atoms with E-state index in [1.165, 1.54) is 50.7 Å². The molecule has 0 atom stereocenters. The summed E-state index contributed by atoms with van der Waals surface area (Å²) in [6, 6.07) is 43.8. The zero-order valence-corrected chi connectivity index (χ0v) is 27.9. The second-order valence-electron chi connectivity index (χ2n) is 12.1. The van der Waals surface area contributed by atoms with Crippen LogP contribution in [0, 0.1) is 11.3 Å². The standard InChI is InChI=1S/C47H40N2/c1-4-18-41-40(5-2)46-42-28-27-37(34(3)19-10-6-11-20-35(33-49)29-30-48)31-44(42)47(38-23-14-8-15-24-38,39-25-16-9-17-26-39)45(46)32-43(41)36-21-12-7-13-22-36/h4-5,7-10,12-32H,2-3,6,11,48H2,1H3/b18-4-,19-10-,30-29-,35-20+. The van der Waals surface area contributed by atoms with Gasteiger partial charge in [0.15, 0.2) is 0 Å². The molecule has 0 saturated carbocycles. The molecule has 0 radical (unpaired) electrons. The number of unbranched alkanes of at least 4 members (excludes halogenated alkanes) is 1. The maximum absolute atomic E-state index is 9.28. The highest BCUT2D eigenvalue weighted by atomic mass is 14.5. The Bertz CT molecular complexity index is 2120. The van der Waals surface area contributed by atoms with Gasteiger partial charge in [0.05, 0.1) is 11.5 Å². The van der Waals surface area contributed by atoms with Crippen molar-refractivity contribution in [3.05, 3.63) is 210 Å². The van der Waals surface area contributed by atoms with Crippen LogP contribution < -0.4 is 5.73 Å². The average molecular weight is 633 g/mol. The first-order chi connectivity index (χ1) is 24.1. The SMILES string of the molecule is C=Cc1c(/C=C\C)c(-c2ccccc2)cc2c1-c1ccc(C(=C)/C=C\CC/C=C(C#N)\C=C/N)cc1C2(c1ccccc1)c1ccccc1.